The van der Waals surface area contributed by atoms with Crippen molar-refractivity contribution in [1.82, 2.24) is 4.90 Å². The van der Waals surface area contributed by atoms with Crippen LogP contribution in [0.4, 0.5) is 11.4 Å². The minimum Gasteiger partial charge on any atom is -0.398 e. The normalized spacial score (nSPS) is 15.2. The quantitative estimate of drug-likeness (QED) is 0.384. The molecule has 4 N–H and O–H groups in total. The molecule has 4 nitrogen and oxygen atoms in total. The van der Waals surface area contributed by atoms with Crippen LogP contribution in [-0.4, -0.2) is 23.9 Å². The summed E-state index contributed by atoms with van der Waals surface area (Å²) in [4.78, 5) is 2.06. The first kappa shape index (κ1) is 10.8. The van der Waals surface area contributed by atoms with E-state index >= 15 is 0 Å². The zero-order chi connectivity index (χ0) is 11.5. The minimum atomic E-state index is 0.478. The number of likely N-dealkylation sites (tertiary alicyclic amines) is 1. The fourth-order valence-electron chi connectivity index (χ4n) is 1.94. The molecule has 0 unspecified atom stereocenters. The number of guanidine groups is 1. The topological polar surface area (TPSA) is 65.1 Å². The maximum Gasteiger partial charge on any atom is 0.195 e. The Balaban J connectivity index is 2.08. The molecule has 1 heterocycles. The summed E-state index contributed by atoms with van der Waals surface area (Å²) in [5, 5.41) is 11.1. The lowest BCUT2D eigenvalue weighted by Gasteiger charge is -2.20. The summed E-state index contributed by atoms with van der Waals surface area (Å²) in [7, 11) is 0. The maximum absolute atomic E-state index is 7.96. The second-order valence-corrected chi connectivity index (χ2v) is 4.19. The van der Waals surface area contributed by atoms with Crippen LogP contribution >= 0.6 is 0 Å². The Labute approximate surface area is 96.0 Å². The SMILES string of the molecule is Cc1c(N)cccc1NC(=N)N1CCCC1. The van der Waals surface area contributed by atoms with E-state index in [9.17, 15) is 0 Å². The molecule has 0 atom stereocenters. The van der Waals surface area contributed by atoms with Gasteiger partial charge in [0.1, 0.15) is 0 Å². The Bertz CT molecular complexity index is 394. The van der Waals surface area contributed by atoms with Crippen LogP contribution in [-0.2, 0) is 0 Å². The average Bonchev–Trinajstić information content (AvgIpc) is 2.78. The summed E-state index contributed by atoms with van der Waals surface area (Å²) in [6.07, 6.45) is 2.36. The van der Waals surface area contributed by atoms with Crippen molar-refractivity contribution in [2.45, 2.75) is 19.8 Å². The van der Waals surface area contributed by atoms with E-state index in [-0.39, 0.29) is 0 Å². The highest BCUT2D eigenvalue weighted by Crippen LogP contribution is 2.21. The Morgan fingerprint density at radius 2 is 2.06 bits per heavy atom. The lowest BCUT2D eigenvalue weighted by molar-refractivity contribution is 0.514. The molecule has 1 aromatic carbocycles. The molecule has 1 fully saturated rings. The molecule has 2 rings (SSSR count). The van der Waals surface area contributed by atoms with Gasteiger partial charge in [-0.15, -0.1) is 0 Å². The molecular formula is C12H18N4. The summed E-state index contributed by atoms with van der Waals surface area (Å²) in [5.41, 5.74) is 8.52. The van der Waals surface area contributed by atoms with E-state index in [0.717, 1.165) is 30.0 Å². The summed E-state index contributed by atoms with van der Waals surface area (Å²) in [5.74, 6) is 0.478. The van der Waals surface area contributed by atoms with E-state index in [0.29, 0.717) is 5.96 Å². The van der Waals surface area contributed by atoms with E-state index in [1.165, 1.54) is 12.8 Å². The number of anilines is 2. The zero-order valence-corrected chi connectivity index (χ0v) is 9.59. The van der Waals surface area contributed by atoms with Gasteiger partial charge in [0.25, 0.3) is 0 Å². The van der Waals surface area contributed by atoms with Gasteiger partial charge in [0.2, 0.25) is 0 Å². The van der Waals surface area contributed by atoms with Crippen molar-refractivity contribution in [3.05, 3.63) is 23.8 Å². The first-order chi connectivity index (χ1) is 7.68. The van der Waals surface area contributed by atoms with Gasteiger partial charge in [-0.05, 0) is 37.5 Å². The molecule has 16 heavy (non-hydrogen) atoms. The molecular weight excluding hydrogens is 200 g/mol. The highest BCUT2D eigenvalue weighted by Gasteiger charge is 2.15. The number of nitrogens with zero attached hydrogens (tertiary/aromatic N) is 1. The third-order valence-corrected chi connectivity index (χ3v) is 3.05. The summed E-state index contributed by atoms with van der Waals surface area (Å²) >= 11 is 0. The molecule has 86 valence electrons. The first-order valence-corrected chi connectivity index (χ1v) is 5.64. The average molecular weight is 218 g/mol. The van der Waals surface area contributed by atoms with E-state index < -0.39 is 0 Å². The smallest absolute Gasteiger partial charge is 0.195 e. The molecule has 0 aromatic heterocycles. The van der Waals surface area contributed by atoms with Gasteiger partial charge in [0.15, 0.2) is 5.96 Å². The third-order valence-electron chi connectivity index (χ3n) is 3.05. The van der Waals surface area contributed by atoms with Gasteiger partial charge in [-0.3, -0.25) is 5.41 Å². The zero-order valence-electron chi connectivity index (χ0n) is 9.59. The minimum absolute atomic E-state index is 0.478. The van der Waals surface area contributed by atoms with Crippen molar-refractivity contribution in [2.75, 3.05) is 24.1 Å². The van der Waals surface area contributed by atoms with Crippen LogP contribution in [0.1, 0.15) is 18.4 Å². The second kappa shape index (κ2) is 4.43. The van der Waals surface area contributed by atoms with Gasteiger partial charge in [-0.25, -0.2) is 0 Å². The molecule has 1 aliphatic heterocycles. The molecule has 0 aliphatic carbocycles. The molecule has 1 aromatic rings. The van der Waals surface area contributed by atoms with E-state index in [4.69, 9.17) is 11.1 Å². The molecule has 4 heteroatoms. The summed E-state index contributed by atoms with van der Waals surface area (Å²) in [6.45, 7) is 3.93. The number of rotatable bonds is 1. The lowest BCUT2D eigenvalue weighted by atomic mass is 10.1. The van der Waals surface area contributed by atoms with Gasteiger partial charge in [0.05, 0.1) is 0 Å². The van der Waals surface area contributed by atoms with E-state index in [1.54, 1.807) is 0 Å². The molecule has 0 bridgehead atoms. The highest BCUT2D eigenvalue weighted by molar-refractivity contribution is 5.92. The lowest BCUT2D eigenvalue weighted by Crippen LogP contribution is -2.33. The van der Waals surface area contributed by atoms with Crippen LogP contribution in [0.5, 0.6) is 0 Å². The maximum atomic E-state index is 7.96. The van der Waals surface area contributed by atoms with E-state index in [2.05, 4.69) is 10.2 Å². The van der Waals surface area contributed by atoms with Crippen LogP contribution < -0.4 is 11.1 Å². The number of benzene rings is 1. The van der Waals surface area contributed by atoms with Gasteiger partial charge >= 0.3 is 0 Å². The van der Waals surface area contributed by atoms with Crippen LogP contribution in [0, 0.1) is 12.3 Å². The van der Waals surface area contributed by atoms with Crippen molar-refractivity contribution >= 4 is 17.3 Å². The van der Waals surface area contributed by atoms with Crippen LogP contribution in [0.2, 0.25) is 0 Å². The standard InChI is InChI=1S/C12H18N4/c1-9-10(13)5-4-6-11(9)15-12(14)16-7-2-3-8-16/h4-6H,2-3,7-8,13H2,1H3,(H2,14,15). The van der Waals surface area contributed by atoms with Gasteiger partial charge in [0, 0.05) is 24.5 Å². The number of nitrogens with two attached hydrogens (primary N) is 1. The third kappa shape index (κ3) is 2.10. The van der Waals surface area contributed by atoms with Crippen molar-refractivity contribution < 1.29 is 0 Å². The monoisotopic (exact) mass is 218 g/mol. The Hall–Kier alpha value is -1.71. The number of nitrogen functional groups attached to an aromatic ring is 1. The second-order valence-electron chi connectivity index (χ2n) is 4.19. The fourth-order valence-corrected chi connectivity index (χ4v) is 1.94. The Morgan fingerprint density at radius 3 is 2.75 bits per heavy atom. The molecule has 1 saturated heterocycles. The van der Waals surface area contributed by atoms with Crippen LogP contribution in [0.3, 0.4) is 0 Å². The molecule has 0 radical (unpaired) electrons. The van der Waals surface area contributed by atoms with Gasteiger partial charge in [-0.1, -0.05) is 6.07 Å². The predicted octanol–water partition coefficient (Wildman–Crippen LogP) is 2.02. The van der Waals surface area contributed by atoms with Crippen molar-refractivity contribution in [1.29, 1.82) is 5.41 Å². The molecule has 1 aliphatic rings. The number of nitrogens with one attached hydrogen (secondary N) is 2. The Morgan fingerprint density at radius 1 is 1.38 bits per heavy atom. The summed E-state index contributed by atoms with van der Waals surface area (Å²) in [6, 6.07) is 5.73. The Kier molecular flexibility index (Phi) is 2.99. The predicted molar refractivity (Wildman–Crippen MR) is 67.7 cm³/mol. The van der Waals surface area contributed by atoms with Crippen LogP contribution in [0.25, 0.3) is 0 Å². The van der Waals surface area contributed by atoms with Crippen molar-refractivity contribution in [3.8, 4) is 0 Å². The van der Waals surface area contributed by atoms with Gasteiger partial charge in [-0.2, -0.15) is 0 Å². The van der Waals surface area contributed by atoms with Crippen molar-refractivity contribution in [2.24, 2.45) is 0 Å². The number of hydrogen-bond donors (Lipinski definition) is 3. The highest BCUT2D eigenvalue weighted by atomic mass is 15.3. The molecule has 0 spiro atoms. The van der Waals surface area contributed by atoms with Crippen LogP contribution in [0.15, 0.2) is 18.2 Å². The van der Waals surface area contributed by atoms with Crippen molar-refractivity contribution in [3.63, 3.8) is 0 Å². The molecule has 0 amide bonds. The first-order valence-electron chi connectivity index (χ1n) is 5.64. The fraction of sp³-hybridized carbons (Fsp3) is 0.417. The van der Waals surface area contributed by atoms with Gasteiger partial charge < -0.3 is 16.0 Å². The molecule has 0 saturated carbocycles. The largest absolute Gasteiger partial charge is 0.398 e. The number of hydrogen-bond acceptors (Lipinski definition) is 2. The summed E-state index contributed by atoms with van der Waals surface area (Å²) < 4.78 is 0. The van der Waals surface area contributed by atoms with E-state index in [1.807, 2.05) is 25.1 Å².